The molecule has 4 aromatic rings. The molecule has 0 unspecified atom stereocenters. The molecular weight excluding hydrogens is 350 g/mol. The molecule has 2 aromatic carbocycles. The maximum absolute atomic E-state index is 13.0. The van der Waals surface area contributed by atoms with Gasteiger partial charge in [-0.15, -0.1) is 0 Å². The molecule has 5 nitrogen and oxygen atoms in total. The van der Waals surface area contributed by atoms with Crippen molar-refractivity contribution in [2.75, 3.05) is 7.11 Å². The van der Waals surface area contributed by atoms with Gasteiger partial charge in [-0.05, 0) is 66.6 Å². The molecule has 1 aliphatic rings. The first-order valence-electron chi connectivity index (χ1n) is 9.68. The molecule has 1 aliphatic carbocycles. The van der Waals surface area contributed by atoms with E-state index in [1.165, 1.54) is 10.9 Å². The molecule has 1 amide bonds. The van der Waals surface area contributed by atoms with Gasteiger partial charge in [-0.1, -0.05) is 6.07 Å². The third kappa shape index (κ3) is 2.66. The van der Waals surface area contributed by atoms with Gasteiger partial charge in [0.2, 0.25) is 0 Å². The molecular formula is C23H23N3O2. The molecule has 0 aliphatic heterocycles. The number of aromatic amines is 1. The van der Waals surface area contributed by atoms with E-state index in [0.29, 0.717) is 5.56 Å². The van der Waals surface area contributed by atoms with Crippen LogP contribution in [0.15, 0.2) is 48.7 Å². The van der Waals surface area contributed by atoms with Crippen LogP contribution in [0.1, 0.15) is 40.5 Å². The van der Waals surface area contributed by atoms with Crippen molar-refractivity contribution in [2.24, 2.45) is 7.05 Å². The number of methoxy groups -OCH3 is 1. The molecule has 0 saturated heterocycles. The lowest BCUT2D eigenvalue weighted by molar-refractivity contribution is 0.0932. The number of hydrogen-bond donors (Lipinski definition) is 2. The van der Waals surface area contributed by atoms with Crippen LogP contribution in [-0.2, 0) is 13.5 Å². The summed E-state index contributed by atoms with van der Waals surface area (Å²) in [7, 11) is 3.68. The minimum atomic E-state index is -0.0304. The standard InChI is InChI=1S/C23H23N3O2/c1-26-11-10-14-6-7-15(12-21(14)26)23(27)25-20-5-3-4-17-18-13-16(28-2)8-9-19(18)24-22(17)20/h6-13,20,24H,3-5H2,1-2H3,(H,25,27)/t20-/m0/s1. The van der Waals surface area contributed by atoms with Crippen LogP contribution in [-0.4, -0.2) is 22.6 Å². The molecule has 5 heteroatoms. The number of benzene rings is 2. The number of aryl methyl sites for hydroxylation is 2. The second-order valence-corrected chi connectivity index (χ2v) is 7.55. The Hall–Kier alpha value is -3.21. The summed E-state index contributed by atoms with van der Waals surface area (Å²) >= 11 is 0. The number of nitrogens with zero attached hydrogens (tertiary/aromatic N) is 1. The molecule has 28 heavy (non-hydrogen) atoms. The Labute approximate surface area is 163 Å². The largest absolute Gasteiger partial charge is 0.497 e. The van der Waals surface area contributed by atoms with Gasteiger partial charge in [0.1, 0.15) is 5.75 Å². The van der Waals surface area contributed by atoms with E-state index >= 15 is 0 Å². The Kier molecular flexibility index (Phi) is 3.90. The van der Waals surface area contributed by atoms with Crippen LogP contribution in [0, 0.1) is 0 Å². The number of hydrogen-bond acceptors (Lipinski definition) is 2. The van der Waals surface area contributed by atoms with Crippen molar-refractivity contribution in [3.63, 3.8) is 0 Å². The maximum atomic E-state index is 13.0. The predicted molar refractivity (Wildman–Crippen MR) is 111 cm³/mol. The molecule has 5 rings (SSSR count). The highest BCUT2D eigenvalue weighted by atomic mass is 16.5. The fraction of sp³-hybridized carbons (Fsp3) is 0.261. The smallest absolute Gasteiger partial charge is 0.251 e. The summed E-state index contributed by atoms with van der Waals surface area (Å²) in [5.74, 6) is 0.827. The monoisotopic (exact) mass is 373 g/mol. The predicted octanol–water partition coefficient (Wildman–Crippen LogP) is 4.48. The zero-order valence-electron chi connectivity index (χ0n) is 16.1. The van der Waals surface area contributed by atoms with Crippen molar-refractivity contribution >= 4 is 27.7 Å². The van der Waals surface area contributed by atoms with Gasteiger partial charge in [0.25, 0.3) is 5.91 Å². The number of nitrogens with one attached hydrogen (secondary N) is 2. The summed E-state index contributed by atoms with van der Waals surface area (Å²) in [6, 6.07) is 14.0. The number of fused-ring (bicyclic) bond motifs is 4. The van der Waals surface area contributed by atoms with Gasteiger partial charge in [0.15, 0.2) is 0 Å². The summed E-state index contributed by atoms with van der Waals surface area (Å²) in [4.78, 5) is 16.5. The normalized spacial score (nSPS) is 16.3. The minimum absolute atomic E-state index is 0.00115. The molecule has 0 spiro atoms. The van der Waals surface area contributed by atoms with E-state index in [-0.39, 0.29) is 11.9 Å². The van der Waals surface area contributed by atoms with Crippen LogP contribution in [0.3, 0.4) is 0 Å². The first-order valence-corrected chi connectivity index (χ1v) is 9.68. The van der Waals surface area contributed by atoms with E-state index in [4.69, 9.17) is 4.74 Å². The molecule has 142 valence electrons. The van der Waals surface area contributed by atoms with Crippen LogP contribution in [0.5, 0.6) is 5.75 Å². The molecule has 2 aromatic heterocycles. The summed E-state index contributed by atoms with van der Waals surface area (Å²) in [6.45, 7) is 0. The van der Waals surface area contributed by atoms with E-state index in [0.717, 1.165) is 47.1 Å². The molecule has 0 saturated carbocycles. The average Bonchev–Trinajstić information content (AvgIpc) is 3.28. The first kappa shape index (κ1) is 16.9. The van der Waals surface area contributed by atoms with Gasteiger partial charge < -0.3 is 19.6 Å². The second kappa shape index (κ2) is 6.44. The van der Waals surface area contributed by atoms with Crippen LogP contribution in [0.4, 0.5) is 0 Å². The summed E-state index contributed by atoms with van der Waals surface area (Å²) in [6.07, 6.45) is 5.02. The minimum Gasteiger partial charge on any atom is -0.497 e. The van der Waals surface area contributed by atoms with Crippen molar-refractivity contribution in [3.8, 4) is 5.75 Å². The molecule has 0 fully saturated rings. The van der Waals surface area contributed by atoms with Crippen LogP contribution in [0.2, 0.25) is 0 Å². The average molecular weight is 373 g/mol. The number of rotatable bonds is 3. The lowest BCUT2D eigenvalue weighted by Crippen LogP contribution is -2.31. The summed E-state index contributed by atoms with van der Waals surface area (Å²) < 4.78 is 7.42. The number of amides is 1. The van der Waals surface area contributed by atoms with Crippen LogP contribution >= 0.6 is 0 Å². The van der Waals surface area contributed by atoms with Crippen molar-refractivity contribution in [1.29, 1.82) is 0 Å². The van der Waals surface area contributed by atoms with Crippen molar-refractivity contribution < 1.29 is 9.53 Å². The summed E-state index contributed by atoms with van der Waals surface area (Å²) in [5, 5.41) is 5.58. The number of carbonyl (C=O) groups excluding carboxylic acids is 1. The maximum Gasteiger partial charge on any atom is 0.251 e. The van der Waals surface area contributed by atoms with E-state index in [1.807, 2.05) is 42.1 Å². The third-order valence-electron chi connectivity index (χ3n) is 5.87. The Bertz CT molecular complexity index is 1200. The molecule has 1 atom stereocenters. The lowest BCUT2D eigenvalue weighted by atomic mass is 9.91. The fourth-order valence-corrected chi connectivity index (χ4v) is 4.36. The number of aromatic nitrogens is 2. The van der Waals surface area contributed by atoms with Gasteiger partial charge in [0, 0.05) is 40.9 Å². The van der Waals surface area contributed by atoms with Crippen molar-refractivity contribution in [3.05, 3.63) is 65.5 Å². The quantitative estimate of drug-likeness (QED) is 0.556. The lowest BCUT2D eigenvalue weighted by Gasteiger charge is -2.24. The van der Waals surface area contributed by atoms with Crippen LogP contribution in [0.25, 0.3) is 21.8 Å². The van der Waals surface area contributed by atoms with Gasteiger partial charge >= 0.3 is 0 Å². The zero-order chi connectivity index (χ0) is 19.3. The van der Waals surface area contributed by atoms with E-state index in [1.54, 1.807) is 7.11 Å². The van der Waals surface area contributed by atoms with Crippen molar-refractivity contribution in [1.82, 2.24) is 14.9 Å². The molecule has 0 radical (unpaired) electrons. The van der Waals surface area contributed by atoms with Gasteiger partial charge in [0.05, 0.1) is 13.2 Å². The van der Waals surface area contributed by atoms with Gasteiger partial charge in [-0.3, -0.25) is 4.79 Å². The summed E-state index contributed by atoms with van der Waals surface area (Å²) in [5.41, 5.74) is 5.28. The van der Waals surface area contributed by atoms with E-state index in [9.17, 15) is 4.79 Å². The topological polar surface area (TPSA) is 59.0 Å². The highest BCUT2D eigenvalue weighted by molar-refractivity contribution is 5.98. The van der Waals surface area contributed by atoms with E-state index < -0.39 is 0 Å². The Morgan fingerprint density at radius 3 is 2.96 bits per heavy atom. The van der Waals surface area contributed by atoms with E-state index in [2.05, 4.69) is 28.5 Å². The number of ether oxygens (including phenoxy) is 1. The highest BCUT2D eigenvalue weighted by Gasteiger charge is 2.26. The second-order valence-electron chi connectivity index (χ2n) is 7.55. The Morgan fingerprint density at radius 1 is 1.21 bits per heavy atom. The van der Waals surface area contributed by atoms with Crippen molar-refractivity contribution in [2.45, 2.75) is 25.3 Å². The van der Waals surface area contributed by atoms with Gasteiger partial charge in [-0.2, -0.15) is 0 Å². The first-order chi connectivity index (χ1) is 13.6. The van der Waals surface area contributed by atoms with Gasteiger partial charge in [-0.25, -0.2) is 0 Å². The Balaban J connectivity index is 1.47. The third-order valence-corrected chi connectivity index (χ3v) is 5.87. The molecule has 2 heterocycles. The highest BCUT2D eigenvalue weighted by Crippen LogP contribution is 2.36. The molecule has 0 bridgehead atoms. The Morgan fingerprint density at radius 2 is 2.11 bits per heavy atom. The van der Waals surface area contributed by atoms with Crippen LogP contribution < -0.4 is 10.1 Å². The molecule has 2 N–H and O–H groups in total. The zero-order valence-corrected chi connectivity index (χ0v) is 16.1. The SMILES string of the molecule is COc1ccc2[nH]c3c(c2c1)CCC[C@@H]3NC(=O)c1ccc2ccn(C)c2c1. The number of H-pyrrole nitrogens is 1. The number of carbonyl (C=O) groups is 1. The fourth-order valence-electron chi connectivity index (χ4n) is 4.36.